The minimum Gasteiger partial charge on any atom is -0.489 e. The van der Waals surface area contributed by atoms with Gasteiger partial charge in [0.2, 0.25) is 5.88 Å². The minimum atomic E-state index is -0.636. The number of aromatic nitrogens is 1. The number of fused-ring (bicyclic) bond motifs is 3. The summed E-state index contributed by atoms with van der Waals surface area (Å²) in [7, 11) is 1.72. The first-order valence-electron chi connectivity index (χ1n) is 11.0. The van der Waals surface area contributed by atoms with Crippen molar-refractivity contribution in [1.29, 1.82) is 5.26 Å². The highest BCUT2D eigenvalue weighted by molar-refractivity contribution is 5.88. The second-order valence-electron chi connectivity index (χ2n) is 8.40. The Morgan fingerprint density at radius 1 is 1.09 bits per heavy atom. The van der Waals surface area contributed by atoms with Gasteiger partial charge < -0.3 is 19.8 Å². The van der Waals surface area contributed by atoms with Crippen LogP contribution in [0.5, 0.6) is 11.5 Å². The lowest BCUT2D eigenvalue weighted by atomic mass is 9.83. The molecule has 6 heteroatoms. The number of aryl methyl sites for hydroxylation is 2. The molecule has 2 N–H and O–H groups in total. The molecule has 1 atom stereocenters. The summed E-state index contributed by atoms with van der Waals surface area (Å²) in [6, 6.07) is 25.2. The molecular weight excluding hydrogens is 426 g/mol. The molecule has 1 aromatic heterocycles. The number of nitriles is 1. The predicted octanol–water partition coefficient (Wildman–Crippen LogP) is 4.64. The number of ether oxygens (including phenoxy) is 2. The Balaban J connectivity index is 1.56. The monoisotopic (exact) mass is 449 g/mol. The van der Waals surface area contributed by atoms with Gasteiger partial charge in [-0.1, -0.05) is 54.1 Å². The topological polar surface area (TPSA) is 90.3 Å². The first kappa shape index (κ1) is 21.4. The summed E-state index contributed by atoms with van der Waals surface area (Å²) in [6.07, 6.45) is 0. The van der Waals surface area contributed by atoms with Crippen LogP contribution >= 0.6 is 0 Å². The van der Waals surface area contributed by atoms with E-state index in [9.17, 15) is 10.1 Å². The van der Waals surface area contributed by atoms with Crippen LogP contribution in [0.15, 0.2) is 89.0 Å². The van der Waals surface area contributed by atoms with Gasteiger partial charge in [-0.15, -0.1) is 0 Å². The standard InChI is InChI=1S/C28H23N3O3/c1-17-6-5-7-18(14-17)16-33-20-12-10-19(11-13-20)24-22(15-29)27(30)34-26-21-8-3-4-9-23(21)31(2)28(32)25(24)26/h3-14,24H,16,30H2,1-2H3. The zero-order valence-electron chi connectivity index (χ0n) is 18.9. The third-order valence-corrected chi connectivity index (χ3v) is 6.17. The van der Waals surface area contributed by atoms with Crippen molar-refractivity contribution in [2.75, 3.05) is 0 Å². The molecule has 1 aliphatic heterocycles. The molecule has 1 unspecified atom stereocenters. The lowest BCUT2D eigenvalue weighted by Crippen LogP contribution is -2.31. The van der Waals surface area contributed by atoms with Crippen molar-refractivity contribution in [3.63, 3.8) is 0 Å². The van der Waals surface area contributed by atoms with Crippen LogP contribution < -0.4 is 20.8 Å². The predicted molar refractivity (Wildman–Crippen MR) is 130 cm³/mol. The van der Waals surface area contributed by atoms with E-state index in [1.165, 1.54) is 5.56 Å². The van der Waals surface area contributed by atoms with Crippen LogP contribution in [0.2, 0.25) is 0 Å². The van der Waals surface area contributed by atoms with Crippen LogP contribution in [0.3, 0.4) is 0 Å². The van der Waals surface area contributed by atoms with Gasteiger partial charge in [-0.25, -0.2) is 0 Å². The molecule has 0 amide bonds. The second kappa shape index (κ2) is 8.45. The summed E-state index contributed by atoms with van der Waals surface area (Å²) in [5, 5.41) is 10.6. The van der Waals surface area contributed by atoms with E-state index in [0.717, 1.165) is 22.0 Å². The summed E-state index contributed by atoms with van der Waals surface area (Å²) in [5.74, 6) is 0.473. The molecular formula is C28H23N3O3. The van der Waals surface area contributed by atoms with E-state index in [1.54, 1.807) is 11.6 Å². The van der Waals surface area contributed by atoms with Gasteiger partial charge in [0.05, 0.1) is 17.0 Å². The zero-order valence-corrected chi connectivity index (χ0v) is 18.9. The van der Waals surface area contributed by atoms with Crippen molar-refractivity contribution in [1.82, 2.24) is 4.57 Å². The van der Waals surface area contributed by atoms with Crippen molar-refractivity contribution in [2.24, 2.45) is 12.8 Å². The minimum absolute atomic E-state index is 0.0122. The van der Waals surface area contributed by atoms with E-state index < -0.39 is 5.92 Å². The van der Waals surface area contributed by atoms with E-state index in [2.05, 4.69) is 12.1 Å². The number of benzene rings is 3. The first-order valence-corrected chi connectivity index (χ1v) is 11.0. The molecule has 0 spiro atoms. The zero-order chi connectivity index (χ0) is 23.8. The maximum Gasteiger partial charge on any atom is 0.258 e. The Kier molecular flexibility index (Phi) is 5.31. The first-order chi connectivity index (χ1) is 16.5. The van der Waals surface area contributed by atoms with Gasteiger partial charge in [0.25, 0.3) is 5.56 Å². The highest BCUT2D eigenvalue weighted by atomic mass is 16.5. The summed E-state index contributed by atoms with van der Waals surface area (Å²) < 4.78 is 13.4. The Hall–Kier alpha value is -4.50. The third kappa shape index (κ3) is 3.57. The van der Waals surface area contributed by atoms with Crippen LogP contribution in [-0.2, 0) is 13.7 Å². The average molecular weight is 450 g/mol. The van der Waals surface area contributed by atoms with Crippen molar-refractivity contribution in [3.05, 3.63) is 117 Å². The molecule has 168 valence electrons. The molecule has 5 rings (SSSR count). The second-order valence-corrected chi connectivity index (χ2v) is 8.40. The van der Waals surface area contributed by atoms with E-state index in [4.69, 9.17) is 15.2 Å². The number of allylic oxidation sites excluding steroid dienone is 1. The fourth-order valence-corrected chi connectivity index (χ4v) is 4.48. The molecule has 3 aromatic carbocycles. The van der Waals surface area contributed by atoms with Crippen molar-refractivity contribution < 1.29 is 9.47 Å². The number of nitrogens with zero attached hydrogens (tertiary/aromatic N) is 2. The number of hydrogen-bond acceptors (Lipinski definition) is 5. The Morgan fingerprint density at radius 3 is 2.59 bits per heavy atom. The van der Waals surface area contributed by atoms with Crippen LogP contribution in [0.4, 0.5) is 0 Å². The molecule has 34 heavy (non-hydrogen) atoms. The number of nitrogens with two attached hydrogens (primary N) is 1. The quantitative estimate of drug-likeness (QED) is 0.490. The van der Waals surface area contributed by atoms with Gasteiger partial charge in [-0.05, 0) is 42.3 Å². The summed E-state index contributed by atoms with van der Waals surface area (Å²) in [5.41, 5.74) is 10.3. The van der Waals surface area contributed by atoms with Gasteiger partial charge in [-0.2, -0.15) is 5.26 Å². The van der Waals surface area contributed by atoms with Crippen molar-refractivity contribution >= 4 is 10.9 Å². The molecule has 0 fully saturated rings. The number of pyridine rings is 1. The van der Waals surface area contributed by atoms with Gasteiger partial charge in [0, 0.05) is 12.4 Å². The summed E-state index contributed by atoms with van der Waals surface area (Å²) >= 11 is 0. The van der Waals surface area contributed by atoms with Crippen LogP contribution in [0.25, 0.3) is 10.9 Å². The molecule has 4 aromatic rings. The van der Waals surface area contributed by atoms with Gasteiger partial charge in [-0.3, -0.25) is 4.79 Å². The number of rotatable bonds is 4. The van der Waals surface area contributed by atoms with Gasteiger partial charge in [0.1, 0.15) is 29.7 Å². The van der Waals surface area contributed by atoms with Crippen LogP contribution in [-0.4, -0.2) is 4.57 Å². The maximum atomic E-state index is 13.4. The Labute approximate surface area is 197 Å². The molecule has 0 radical (unpaired) electrons. The lowest BCUT2D eigenvalue weighted by Gasteiger charge is -2.27. The van der Waals surface area contributed by atoms with E-state index in [1.807, 2.05) is 73.7 Å². The molecule has 0 saturated heterocycles. The fourth-order valence-electron chi connectivity index (χ4n) is 4.48. The Morgan fingerprint density at radius 2 is 1.85 bits per heavy atom. The van der Waals surface area contributed by atoms with Crippen LogP contribution in [0, 0.1) is 18.3 Å². The largest absolute Gasteiger partial charge is 0.489 e. The van der Waals surface area contributed by atoms with Crippen LogP contribution in [0.1, 0.15) is 28.2 Å². The van der Waals surface area contributed by atoms with Gasteiger partial charge in [0.15, 0.2) is 0 Å². The summed E-state index contributed by atoms with van der Waals surface area (Å²) in [4.78, 5) is 13.4. The molecule has 0 aliphatic carbocycles. The van der Waals surface area contributed by atoms with Crippen molar-refractivity contribution in [2.45, 2.75) is 19.4 Å². The third-order valence-electron chi connectivity index (χ3n) is 6.17. The highest BCUT2D eigenvalue weighted by Crippen LogP contribution is 2.43. The SMILES string of the molecule is Cc1cccc(COc2ccc(C3C(C#N)=C(N)Oc4c3c(=O)n(C)c3ccccc43)cc2)c1. The lowest BCUT2D eigenvalue weighted by molar-refractivity contribution is 0.306. The van der Waals surface area contributed by atoms with Crippen molar-refractivity contribution in [3.8, 4) is 17.6 Å². The molecule has 1 aliphatic rings. The fraction of sp³-hybridized carbons (Fsp3) is 0.143. The summed E-state index contributed by atoms with van der Waals surface area (Å²) in [6.45, 7) is 2.49. The highest BCUT2D eigenvalue weighted by Gasteiger charge is 2.35. The molecule has 2 heterocycles. The van der Waals surface area contributed by atoms with Gasteiger partial charge >= 0.3 is 0 Å². The Bertz CT molecular complexity index is 1540. The maximum absolute atomic E-state index is 13.4. The number of hydrogen-bond donors (Lipinski definition) is 1. The molecule has 0 saturated carbocycles. The molecule has 6 nitrogen and oxygen atoms in total. The average Bonchev–Trinajstić information content (AvgIpc) is 2.86. The van der Waals surface area contributed by atoms with E-state index in [-0.39, 0.29) is 17.0 Å². The molecule has 0 bridgehead atoms. The number of para-hydroxylation sites is 1. The van der Waals surface area contributed by atoms with E-state index >= 15 is 0 Å². The van der Waals surface area contributed by atoms with E-state index in [0.29, 0.717) is 23.7 Å². The normalized spacial score (nSPS) is 14.9. The smallest absolute Gasteiger partial charge is 0.258 e.